The minimum absolute atomic E-state index is 0.854. The topological polar surface area (TPSA) is 319 Å². The number of carboxylic acids is 1. The third-order valence-corrected chi connectivity index (χ3v) is 11.1. The minimum Gasteiger partial charge on any atom is -0.479 e. The van der Waals surface area contributed by atoms with Crippen LogP contribution in [-0.4, -0.2) is 234 Å². The first kappa shape index (κ1) is 46.7. The predicted molar refractivity (Wildman–Crippen MR) is 181 cm³/mol. The van der Waals surface area contributed by atoms with Gasteiger partial charge < -0.3 is 108 Å². The van der Waals surface area contributed by atoms with Crippen LogP contribution < -0.4 is 0 Å². The fourth-order valence-corrected chi connectivity index (χ4v) is 7.76. The molecule has 0 amide bonds. The average molecular weight is 835 g/mol. The van der Waals surface area contributed by atoms with E-state index in [0.717, 1.165) is 0 Å². The number of ether oxygens (including phenoxy) is 13. The molecule has 5 saturated heterocycles. The molecule has 9 N–H and O–H groups in total. The number of aliphatic carboxylic acids is 1. The van der Waals surface area contributed by atoms with Gasteiger partial charge in [-0.2, -0.15) is 0 Å². The van der Waals surface area contributed by atoms with Crippen LogP contribution in [0.5, 0.6) is 0 Å². The second-order valence-corrected chi connectivity index (χ2v) is 14.8. The summed E-state index contributed by atoms with van der Waals surface area (Å²) in [6.45, 7) is 5.93. The monoisotopic (exact) mass is 834 g/mol. The lowest BCUT2D eigenvalue weighted by Gasteiger charge is -2.50. The molecule has 5 fully saturated rings. The van der Waals surface area contributed by atoms with Crippen LogP contribution in [0.25, 0.3) is 0 Å². The van der Waals surface area contributed by atoms with Crippen LogP contribution in [0, 0.1) is 0 Å². The Morgan fingerprint density at radius 3 is 1.37 bits per heavy atom. The van der Waals surface area contributed by atoms with Crippen molar-refractivity contribution >= 4 is 5.97 Å². The fraction of sp³-hybridized carbons (Fsp3) is 0.971. The van der Waals surface area contributed by atoms with Gasteiger partial charge in [-0.1, -0.05) is 0 Å². The lowest BCUT2D eigenvalue weighted by molar-refractivity contribution is -0.391. The number of hydrogen-bond acceptors (Lipinski definition) is 22. The summed E-state index contributed by atoms with van der Waals surface area (Å²) < 4.78 is 74.2. The van der Waals surface area contributed by atoms with Crippen LogP contribution in [0.2, 0.25) is 0 Å². The molecule has 25 atom stereocenters. The van der Waals surface area contributed by atoms with E-state index in [1.807, 2.05) is 0 Å². The Hall–Kier alpha value is -1.37. The first-order valence-corrected chi connectivity index (χ1v) is 18.6. The van der Waals surface area contributed by atoms with Crippen LogP contribution >= 0.6 is 0 Å². The maximum atomic E-state index is 12.5. The molecule has 0 bridgehead atoms. The number of aliphatic hydroxyl groups is 8. The van der Waals surface area contributed by atoms with Crippen LogP contribution in [0.4, 0.5) is 0 Å². The van der Waals surface area contributed by atoms with Gasteiger partial charge in [0, 0.05) is 28.4 Å². The molecule has 1 unspecified atom stereocenters. The molecule has 5 rings (SSSR count). The second kappa shape index (κ2) is 19.6. The Morgan fingerprint density at radius 2 is 0.807 bits per heavy atom. The van der Waals surface area contributed by atoms with E-state index in [1.54, 1.807) is 0 Å². The van der Waals surface area contributed by atoms with Crippen molar-refractivity contribution in [1.82, 2.24) is 0 Å². The van der Waals surface area contributed by atoms with E-state index < -0.39 is 159 Å². The fourth-order valence-electron chi connectivity index (χ4n) is 7.76. The molecule has 0 saturated carbocycles. The zero-order chi connectivity index (χ0) is 42.2. The molecular formula is C34H58O23. The second-order valence-electron chi connectivity index (χ2n) is 14.8. The van der Waals surface area contributed by atoms with Crippen molar-refractivity contribution < 1.29 is 112 Å². The minimum atomic E-state index is -1.94. The molecule has 57 heavy (non-hydrogen) atoms. The van der Waals surface area contributed by atoms with E-state index in [4.69, 9.17) is 61.6 Å². The van der Waals surface area contributed by atoms with Crippen LogP contribution in [0.15, 0.2) is 0 Å². The van der Waals surface area contributed by atoms with Crippen molar-refractivity contribution in [2.45, 2.75) is 181 Å². The van der Waals surface area contributed by atoms with Gasteiger partial charge in [-0.3, -0.25) is 0 Å². The quantitative estimate of drug-likeness (QED) is 0.0838. The van der Waals surface area contributed by atoms with Gasteiger partial charge in [0.15, 0.2) is 37.6 Å². The summed E-state index contributed by atoms with van der Waals surface area (Å²) in [5.41, 5.74) is 0. The van der Waals surface area contributed by atoms with Crippen molar-refractivity contribution in [3.05, 3.63) is 0 Å². The summed E-state index contributed by atoms with van der Waals surface area (Å²) in [7, 11) is 5.19. The van der Waals surface area contributed by atoms with Crippen molar-refractivity contribution in [1.29, 1.82) is 0 Å². The SMILES string of the molecule is CO[C@H]1[C@H](OC)[C@H](O[C@@H]2[C@@H](O)[C@H](C)O[C@@H](O[C@H]3C(O)O[C@@H](C)[C@@H](O)[C@H]3O)[C@@H]2O)O[C@@H](C)[C@H]1O[C@@H]1O[C@H](C(=O)O)[C@@H](O[C@@H]2O[C@@H](C)[C@@H](O)[C@@H](OC)[C@@H]2OC)[C@H](O)[C@H]1O. The number of carbonyl (C=O) groups is 1. The Labute approximate surface area is 328 Å². The molecule has 0 aromatic heterocycles. The van der Waals surface area contributed by atoms with E-state index >= 15 is 0 Å². The summed E-state index contributed by atoms with van der Waals surface area (Å²) >= 11 is 0. The number of hydrogen-bond donors (Lipinski definition) is 9. The third-order valence-electron chi connectivity index (χ3n) is 11.1. The van der Waals surface area contributed by atoms with E-state index in [2.05, 4.69) is 0 Å². The van der Waals surface area contributed by atoms with Gasteiger partial charge in [-0.25, -0.2) is 4.79 Å². The van der Waals surface area contributed by atoms with Gasteiger partial charge in [0.25, 0.3) is 0 Å². The number of carboxylic acid groups (broad SMARTS) is 1. The highest BCUT2D eigenvalue weighted by molar-refractivity contribution is 5.73. The molecule has 5 heterocycles. The molecule has 0 aliphatic carbocycles. The molecule has 5 aliphatic rings. The third kappa shape index (κ3) is 9.44. The summed E-state index contributed by atoms with van der Waals surface area (Å²) in [4.78, 5) is 12.5. The zero-order valence-corrected chi connectivity index (χ0v) is 32.7. The summed E-state index contributed by atoms with van der Waals surface area (Å²) in [6, 6.07) is 0. The lowest BCUT2D eigenvalue weighted by Crippen LogP contribution is -2.67. The first-order chi connectivity index (χ1) is 26.9. The van der Waals surface area contributed by atoms with Gasteiger partial charge in [0.1, 0.15) is 91.6 Å². The molecular weight excluding hydrogens is 776 g/mol. The Kier molecular flexibility index (Phi) is 16.0. The predicted octanol–water partition coefficient (Wildman–Crippen LogP) is -5.11. The van der Waals surface area contributed by atoms with Gasteiger partial charge in [-0.15, -0.1) is 0 Å². The summed E-state index contributed by atoms with van der Waals surface area (Å²) in [5.74, 6) is -1.59. The van der Waals surface area contributed by atoms with Crippen molar-refractivity contribution in [3.8, 4) is 0 Å². The molecule has 0 aromatic carbocycles. The molecule has 23 heteroatoms. The van der Waals surface area contributed by atoms with Gasteiger partial charge >= 0.3 is 5.97 Å². The maximum absolute atomic E-state index is 12.5. The van der Waals surface area contributed by atoms with Crippen molar-refractivity contribution in [2.75, 3.05) is 28.4 Å². The molecule has 0 aromatic rings. The van der Waals surface area contributed by atoms with E-state index in [-0.39, 0.29) is 0 Å². The van der Waals surface area contributed by atoms with Crippen LogP contribution in [-0.2, 0) is 66.4 Å². The zero-order valence-electron chi connectivity index (χ0n) is 32.7. The summed E-state index contributed by atoms with van der Waals surface area (Å²) in [6.07, 6.45) is -35.4. The van der Waals surface area contributed by atoms with Gasteiger partial charge in [-0.05, 0) is 27.7 Å². The highest BCUT2D eigenvalue weighted by atomic mass is 16.8. The van der Waals surface area contributed by atoms with E-state index in [9.17, 15) is 50.8 Å². The number of methoxy groups -OCH3 is 4. The molecule has 23 nitrogen and oxygen atoms in total. The highest BCUT2D eigenvalue weighted by Gasteiger charge is 2.57. The molecule has 0 spiro atoms. The van der Waals surface area contributed by atoms with Crippen LogP contribution in [0.1, 0.15) is 27.7 Å². The highest BCUT2D eigenvalue weighted by Crippen LogP contribution is 2.37. The summed E-state index contributed by atoms with van der Waals surface area (Å²) in [5, 5.41) is 96.7. The van der Waals surface area contributed by atoms with Crippen molar-refractivity contribution in [3.63, 3.8) is 0 Å². The van der Waals surface area contributed by atoms with Gasteiger partial charge in [0.05, 0.1) is 24.4 Å². The van der Waals surface area contributed by atoms with E-state index in [0.29, 0.717) is 0 Å². The Morgan fingerprint density at radius 1 is 0.386 bits per heavy atom. The smallest absolute Gasteiger partial charge is 0.335 e. The first-order valence-electron chi connectivity index (χ1n) is 18.6. The number of rotatable bonds is 13. The Balaban J connectivity index is 1.29. The standard InChI is InChI=1S/C34H58O23/c1-9-13(35)16(38)24(30(44)49-9)56-32-19(41)21(14(36)10(2)50-32)54-34-28(48-8)25(46-6)20(12(4)52-34)53-31-18(40)17(39)23(26(57-31)29(42)43)55-33-27(47-7)22(45-5)15(37)11(3)51-33/h9-28,30-41,44H,1-8H3,(H,42,43)/t9-,10-,11-,12-,13+,14-,15+,16+,17+,18+,19+,20+,21+,22+,23-,24+,25+,26-,27-,28-,30?,31+,32-,33-,34-/m0/s1. The van der Waals surface area contributed by atoms with Gasteiger partial charge in [0.2, 0.25) is 0 Å². The molecule has 0 radical (unpaired) electrons. The Bertz CT molecular complexity index is 1280. The van der Waals surface area contributed by atoms with Crippen LogP contribution in [0.3, 0.4) is 0 Å². The molecule has 5 aliphatic heterocycles. The lowest BCUT2D eigenvalue weighted by atomic mass is 9.95. The normalized spacial score (nSPS) is 52.4. The van der Waals surface area contributed by atoms with E-state index in [1.165, 1.54) is 56.1 Å². The maximum Gasteiger partial charge on any atom is 0.335 e. The molecule has 332 valence electrons. The largest absolute Gasteiger partial charge is 0.479 e. The average Bonchev–Trinajstić information content (AvgIpc) is 3.17. The van der Waals surface area contributed by atoms with Crippen molar-refractivity contribution in [2.24, 2.45) is 0 Å². The number of aliphatic hydroxyl groups excluding tert-OH is 8.